The molecule has 5 rings (SSSR count). The number of benzene rings is 1. The van der Waals surface area contributed by atoms with Crippen LogP contribution in [0.15, 0.2) is 71.4 Å². The van der Waals surface area contributed by atoms with Gasteiger partial charge in [-0.25, -0.2) is 0 Å². The molecule has 1 aromatic carbocycles. The Kier molecular flexibility index (Phi) is 9.04. The van der Waals surface area contributed by atoms with E-state index in [1.54, 1.807) is 0 Å². The van der Waals surface area contributed by atoms with E-state index in [1.807, 2.05) is 6.21 Å². The van der Waals surface area contributed by atoms with E-state index in [4.69, 9.17) is 4.74 Å². The van der Waals surface area contributed by atoms with Gasteiger partial charge in [-0.3, -0.25) is 0 Å². The Hall–Kier alpha value is -1.70. The zero-order chi connectivity index (χ0) is 25.8. The molecule has 1 fully saturated rings. The molecule has 1 saturated heterocycles. The molecule has 200 valence electrons. The second-order valence-electron chi connectivity index (χ2n) is 11.2. The van der Waals surface area contributed by atoms with Crippen LogP contribution in [-0.4, -0.2) is 44.7 Å². The Morgan fingerprint density at radius 2 is 2.11 bits per heavy atom. The number of halogens is 1. The van der Waals surface area contributed by atoms with Crippen LogP contribution in [0.1, 0.15) is 64.0 Å². The van der Waals surface area contributed by atoms with E-state index in [2.05, 4.69) is 89.3 Å². The second kappa shape index (κ2) is 12.4. The first-order valence-corrected chi connectivity index (χ1v) is 16.6. The van der Waals surface area contributed by atoms with E-state index in [-0.39, 0.29) is 33.7 Å². The van der Waals surface area contributed by atoms with Gasteiger partial charge >= 0.3 is 235 Å². The molecule has 4 nitrogen and oxygen atoms in total. The fourth-order valence-electron chi connectivity index (χ4n) is 6.22. The van der Waals surface area contributed by atoms with Crippen molar-refractivity contribution in [3.63, 3.8) is 0 Å². The van der Waals surface area contributed by atoms with Crippen molar-refractivity contribution in [2.45, 2.75) is 83.6 Å². The molecule has 6 atom stereocenters. The van der Waals surface area contributed by atoms with Gasteiger partial charge in [0.1, 0.15) is 0 Å². The maximum atomic E-state index is 6.75. The minimum atomic E-state index is -0.0240. The summed E-state index contributed by atoms with van der Waals surface area (Å²) in [6.45, 7) is 12.1. The molecule has 4 aliphatic rings. The second-order valence-corrected chi connectivity index (χ2v) is 14.1. The van der Waals surface area contributed by atoms with Crippen molar-refractivity contribution in [2.75, 3.05) is 11.0 Å². The summed E-state index contributed by atoms with van der Waals surface area (Å²) < 4.78 is 11.0. The van der Waals surface area contributed by atoms with E-state index in [9.17, 15) is 0 Å². The van der Waals surface area contributed by atoms with Gasteiger partial charge < -0.3 is 0 Å². The summed E-state index contributed by atoms with van der Waals surface area (Å²) in [6.07, 6.45) is 18.5. The van der Waals surface area contributed by atoms with Crippen LogP contribution in [0.3, 0.4) is 0 Å². The predicted molar refractivity (Wildman–Crippen MR) is 151 cm³/mol. The molecule has 2 heterocycles. The van der Waals surface area contributed by atoms with Gasteiger partial charge in [0.25, 0.3) is 0 Å². The minimum absolute atomic E-state index is 0.0240. The molecule has 37 heavy (non-hydrogen) atoms. The topological polar surface area (TPSA) is 36.9 Å². The molecular formula is C32H43IN3O-. The van der Waals surface area contributed by atoms with Gasteiger partial charge in [-0.1, -0.05) is 0 Å². The summed E-state index contributed by atoms with van der Waals surface area (Å²) in [5.41, 5.74) is 6.75. The van der Waals surface area contributed by atoms with Gasteiger partial charge in [0.05, 0.1) is 0 Å². The van der Waals surface area contributed by atoms with E-state index in [0.29, 0.717) is 23.9 Å². The van der Waals surface area contributed by atoms with Crippen molar-refractivity contribution in [1.82, 2.24) is 8.43 Å². The van der Waals surface area contributed by atoms with Gasteiger partial charge in [-0.15, -0.1) is 0 Å². The van der Waals surface area contributed by atoms with Crippen molar-refractivity contribution in [3.05, 3.63) is 77.5 Å². The Morgan fingerprint density at radius 3 is 2.97 bits per heavy atom. The average molecular weight is 613 g/mol. The molecule has 2 aliphatic heterocycles. The predicted octanol–water partition coefficient (Wildman–Crippen LogP) is 3.32. The number of aliphatic imine (C=N–C) groups is 1. The maximum absolute atomic E-state index is 6.75. The quantitative estimate of drug-likeness (QED) is 0.222. The van der Waals surface area contributed by atoms with Crippen LogP contribution in [0.4, 0.5) is 0 Å². The first-order chi connectivity index (χ1) is 18.0. The van der Waals surface area contributed by atoms with Crippen LogP contribution in [0, 0.1) is 11.8 Å². The van der Waals surface area contributed by atoms with Gasteiger partial charge in [0, 0.05) is 0 Å². The number of nitrogens with one attached hydrogen (secondary N) is 1. The molecule has 0 radical (unpaired) electrons. The van der Waals surface area contributed by atoms with Crippen molar-refractivity contribution in [3.8, 4) is 0 Å². The van der Waals surface area contributed by atoms with Crippen molar-refractivity contribution in [2.24, 2.45) is 16.8 Å². The SMILES string of the molecule is C=C1CCC(OCC2CC[I-]N2C(C2=CC=NC(C)N2)[C@@H](C)C2CC=CC(C)=CC2)Cc2ccccc21. The summed E-state index contributed by atoms with van der Waals surface area (Å²) in [6, 6.07) is 9.67. The molecular weight excluding hydrogens is 569 g/mol. The van der Waals surface area contributed by atoms with Gasteiger partial charge in [-0.05, 0) is 0 Å². The van der Waals surface area contributed by atoms with Crippen LogP contribution in [0.25, 0.3) is 5.57 Å². The summed E-state index contributed by atoms with van der Waals surface area (Å²) in [4.78, 5) is 4.56. The number of allylic oxidation sites excluding steroid dienone is 6. The molecule has 2 aliphatic carbocycles. The summed E-state index contributed by atoms with van der Waals surface area (Å²) in [5.74, 6) is 1.20. The Morgan fingerprint density at radius 1 is 1.24 bits per heavy atom. The summed E-state index contributed by atoms with van der Waals surface area (Å²) >= 11 is -0.0240. The number of fused-ring (bicyclic) bond motifs is 1. The molecule has 0 spiro atoms. The van der Waals surface area contributed by atoms with Crippen LogP contribution >= 0.6 is 0 Å². The molecule has 1 N–H and O–H groups in total. The average Bonchev–Trinajstić information content (AvgIpc) is 3.14. The first kappa shape index (κ1) is 26.9. The van der Waals surface area contributed by atoms with E-state index >= 15 is 0 Å². The summed E-state index contributed by atoms with van der Waals surface area (Å²) in [7, 11) is 0. The first-order valence-electron chi connectivity index (χ1n) is 14.1. The molecule has 0 saturated carbocycles. The van der Waals surface area contributed by atoms with Crippen LogP contribution < -0.4 is 26.8 Å². The normalized spacial score (nSPS) is 30.2. The molecule has 5 heteroatoms. The van der Waals surface area contributed by atoms with Crippen LogP contribution in [0.5, 0.6) is 0 Å². The van der Waals surface area contributed by atoms with Gasteiger partial charge in [0.15, 0.2) is 0 Å². The van der Waals surface area contributed by atoms with Gasteiger partial charge in [-0.2, -0.15) is 0 Å². The third-order valence-electron chi connectivity index (χ3n) is 8.48. The molecule has 0 amide bonds. The molecule has 0 bridgehead atoms. The number of nitrogens with zero attached hydrogens (tertiary/aromatic N) is 2. The monoisotopic (exact) mass is 612 g/mol. The van der Waals surface area contributed by atoms with Crippen molar-refractivity contribution in [1.29, 1.82) is 0 Å². The number of hydrogen-bond donors (Lipinski definition) is 1. The van der Waals surface area contributed by atoms with E-state index < -0.39 is 0 Å². The van der Waals surface area contributed by atoms with Crippen molar-refractivity contribution < 1.29 is 26.2 Å². The molecule has 0 aromatic heterocycles. The number of ether oxygens (including phenoxy) is 1. The molecule has 1 aromatic rings. The summed E-state index contributed by atoms with van der Waals surface area (Å²) in [5, 5.41) is 3.74. The fourth-order valence-corrected chi connectivity index (χ4v) is 10.0. The van der Waals surface area contributed by atoms with E-state index in [1.165, 1.54) is 38.8 Å². The molecule has 5 unspecified atom stereocenters. The number of hydrogen-bond acceptors (Lipinski definition) is 4. The van der Waals surface area contributed by atoms with E-state index in [0.717, 1.165) is 38.7 Å². The Balaban J connectivity index is 1.32. The van der Waals surface area contributed by atoms with Crippen LogP contribution in [-0.2, 0) is 11.2 Å². The fraction of sp³-hybridized carbons (Fsp3) is 0.531. The Labute approximate surface area is 234 Å². The number of rotatable bonds is 7. The standard InChI is InChI=1S/C32H43IN3O/c1-22-8-7-10-26(14-12-22)24(3)32(31-17-19-34-25(4)35-31)36-28(16-18-33-36)21-37-29-15-13-23(2)30-11-6-5-9-27(30)20-29/h5-9,11-12,17,19,24-26,28-29,32,35H,2,10,13-16,18,20-21H2,1,3-4H3/q-1/t24-,25?,26?,28?,29?,32?/m0/s1. The van der Waals surface area contributed by atoms with Crippen LogP contribution in [0.2, 0.25) is 0 Å². The third-order valence-corrected chi connectivity index (χ3v) is 11.8. The zero-order valence-corrected chi connectivity index (χ0v) is 24.9. The Bertz CT molecular complexity index is 1090. The third kappa shape index (κ3) is 6.48. The number of alkyl halides is 1. The zero-order valence-electron chi connectivity index (χ0n) is 22.7. The van der Waals surface area contributed by atoms with Crippen molar-refractivity contribution >= 4 is 11.8 Å². The van der Waals surface area contributed by atoms with Gasteiger partial charge in [0.2, 0.25) is 0 Å².